The molecule has 1 heterocycles. The third-order valence-corrected chi connectivity index (χ3v) is 5.37. The first-order valence-electron chi connectivity index (χ1n) is 11.3. The fourth-order valence-corrected chi connectivity index (χ4v) is 3.47. The number of benzene rings is 2. The van der Waals surface area contributed by atoms with Crippen LogP contribution in [0.4, 0.5) is 0 Å². The monoisotopic (exact) mass is 438 g/mol. The summed E-state index contributed by atoms with van der Waals surface area (Å²) < 4.78 is 16.8. The standard InChI is InChI=1S/C26H34N2O4/c29-23-25-8-10-26(11-9-25)32-22-21-31-20-19-30-18-17-28-15-13-27(14-16-28)12-4-7-24-5-2-1-3-6-24/h1-11,23H,12-22H2. The molecule has 1 aliphatic rings. The van der Waals surface area contributed by atoms with Gasteiger partial charge in [-0.2, -0.15) is 0 Å². The highest BCUT2D eigenvalue weighted by molar-refractivity contribution is 5.74. The van der Waals surface area contributed by atoms with Crippen LogP contribution in [0.1, 0.15) is 15.9 Å². The van der Waals surface area contributed by atoms with Crippen molar-refractivity contribution in [2.45, 2.75) is 0 Å². The van der Waals surface area contributed by atoms with E-state index < -0.39 is 0 Å². The van der Waals surface area contributed by atoms with E-state index in [-0.39, 0.29) is 0 Å². The van der Waals surface area contributed by atoms with Crippen molar-refractivity contribution in [3.05, 3.63) is 71.8 Å². The summed E-state index contributed by atoms with van der Waals surface area (Å²) in [6, 6.07) is 17.5. The lowest BCUT2D eigenvalue weighted by molar-refractivity contribution is 0.0246. The van der Waals surface area contributed by atoms with Crippen LogP contribution in [0.15, 0.2) is 60.7 Å². The highest BCUT2D eigenvalue weighted by atomic mass is 16.5. The second-order valence-electron chi connectivity index (χ2n) is 7.72. The second-order valence-corrected chi connectivity index (χ2v) is 7.72. The minimum Gasteiger partial charge on any atom is -0.491 e. The number of aldehydes is 1. The van der Waals surface area contributed by atoms with Gasteiger partial charge in [-0.25, -0.2) is 0 Å². The average molecular weight is 439 g/mol. The fraction of sp³-hybridized carbons (Fsp3) is 0.423. The molecule has 0 aliphatic carbocycles. The number of piperazine rings is 1. The van der Waals surface area contributed by atoms with Crippen LogP contribution in [-0.4, -0.2) is 88.4 Å². The summed E-state index contributed by atoms with van der Waals surface area (Å²) >= 11 is 0. The Morgan fingerprint density at radius 3 is 2.09 bits per heavy atom. The number of rotatable bonds is 14. The summed E-state index contributed by atoms with van der Waals surface area (Å²) in [5, 5.41) is 0. The van der Waals surface area contributed by atoms with E-state index in [1.54, 1.807) is 24.3 Å². The van der Waals surface area contributed by atoms with Crippen LogP contribution in [0.5, 0.6) is 5.75 Å². The Morgan fingerprint density at radius 1 is 0.719 bits per heavy atom. The smallest absolute Gasteiger partial charge is 0.150 e. The summed E-state index contributed by atoms with van der Waals surface area (Å²) in [5.41, 5.74) is 1.90. The maximum Gasteiger partial charge on any atom is 0.150 e. The van der Waals surface area contributed by atoms with Gasteiger partial charge in [-0.05, 0) is 29.8 Å². The molecule has 32 heavy (non-hydrogen) atoms. The molecule has 0 bridgehead atoms. The molecule has 172 valence electrons. The van der Waals surface area contributed by atoms with Crippen LogP contribution in [0.25, 0.3) is 6.08 Å². The Kier molecular flexibility index (Phi) is 11.0. The van der Waals surface area contributed by atoms with Gasteiger partial charge in [0.25, 0.3) is 0 Å². The lowest BCUT2D eigenvalue weighted by Gasteiger charge is -2.34. The highest BCUT2D eigenvalue weighted by Crippen LogP contribution is 2.10. The Labute approximate surface area is 191 Å². The molecule has 3 rings (SSSR count). The molecular formula is C26H34N2O4. The van der Waals surface area contributed by atoms with Gasteiger partial charge < -0.3 is 14.2 Å². The zero-order valence-corrected chi connectivity index (χ0v) is 18.7. The maximum atomic E-state index is 10.6. The number of carbonyl (C=O) groups excluding carboxylic acids is 1. The third-order valence-electron chi connectivity index (χ3n) is 5.37. The van der Waals surface area contributed by atoms with Crippen LogP contribution in [0.2, 0.25) is 0 Å². The quantitative estimate of drug-likeness (QED) is 0.333. The molecule has 6 nitrogen and oxygen atoms in total. The van der Waals surface area contributed by atoms with E-state index in [1.807, 2.05) is 6.07 Å². The zero-order valence-electron chi connectivity index (χ0n) is 18.7. The van der Waals surface area contributed by atoms with E-state index in [0.717, 1.165) is 57.9 Å². The summed E-state index contributed by atoms with van der Waals surface area (Å²) in [4.78, 5) is 15.6. The number of hydrogen-bond acceptors (Lipinski definition) is 6. The SMILES string of the molecule is O=Cc1ccc(OCCOCCOCCN2CCN(CC=Cc3ccccc3)CC2)cc1. The fourth-order valence-electron chi connectivity index (χ4n) is 3.47. The summed E-state index contributed by atoms with van der Waals surface area (Å²) in [6.45, 7) is 9.22. The van der Waals surface area contributed by atoms with Crippen LogP contribution in [0, 0.1) is 0 Å². The molecule has 0 spiro atoms. The first kappa shape index (κ1) is 24.1. The van der Waals surface area contributed by atoms with Crippen molar-refractivity contribution in [1.82, 2.24) is 9.80 Å². The van der Waals surface area contributed by atoms with E-state index in [9.17, 15) is 4.79 Å². The van der Waals surface area contributed by atoms with Gasteiger partial charge in [-0.1, -0.05) is 42.5 Å². The average Bonchev–Trinajstić information content (AvgIpc) is 2.85. The normalized spacial score (nSPS) is 15.2. The molecule has 0 N–H and O–H groups in total. The van der Waals surface area contributed by atoms with E-state index >= 15 is 0 Å². The first-order chi connectivity index (χ1) is 15.8. The molecule has 0 radical (unpaired) electrons. The molecule has 0 atom stereocenters. The molecule has 2 aromatic rings. The van der Waals surface area contributed by atoms with Crippen LogP contribution in [-0.2, 0) is 9.47 Å². The van der Waals surface area contributed by atoms with E-state index in [1.165, 1.54) is 5.56 Å². The molecule has 2 aromatic carbocycles. The van der Waals surface area contributed by atoms with Gasteiger partial charge in [0.2, 0.25) is 0 Å². The van der Waals surface area contributed by atoms with Gasteiger partial charge >= 0.3 is 0 Å². The lowest BCUT2D eigenvalue weighted by Crippen LogP contribution is -2.47. The van der Waals surface area contributed by atoms with Crippen molar-refractivity contribution in [3.63, 3.8) is 0 Å². The Balaban J connectivity index is 1.13. The Bertz CT molecular complexity index is 787. The minimum atomic E-state index is 0.477. The van der Waals surface area contributed by atoms with E-state index in [0.29, 0.717) is 32.0 Å². The first-order valence-corrected chi connectivity index (χ1v) is 11.3. The van der Waals surface area contributed by atoms with Gasteiger partial charge in [0.1, 0.15) is 18.6 Å². The van der Waals surface area contributed by atoms with Crippen molar-refractivity contribution >= 4 is 12.4 Å². The molecule has 1 fully saturated rings. The molecule has 1 saturated heterocycles. The molecule has 0 saturated carbocycles. The lowest BCUT2D eigenvalue weighted by atomic mass is 10.2. The summed E-state index contributed by atoms with van der Waals surface area (Å²) in [5.74, 6) is 0.739. The van der Waals surface area contributed by atoms with E-state index in [4.69, 9.17) is 14.2 Å². The molecular weight excluding hydrogens is 404 g/mol. The maximum absolute atomic E-state index is 10.6. The van der Waals surface area contributed by atoms with Crippen molar-refractivity contribution in [3.8, 4) is 5.75 Å². The molecule has 6 heteroatoms. The number of hydrogen-bond donors (Lipinski definition) is 0. The molecule has 0 unspecified atom stereocenters. The predicted octanol–water partition coefficient (Wildman–Crippen LogP) is 3.24. The van der Waals surface area contributed by atoms with Crippen LogP contribution < -0.4 is 4.74 Å². The molecule has 1 aliphatic heterocycles. The van der Waals surface area contributed by atoms with Crippen molar-refractivity contribution in [2.75, 3.05) is 72.3 Å². The zero-order chi connectivity index (χ0) is 22.3. The number of nitrogens with zero attached hydrogens (tertiary/aromatic N) is 2. The topological polar surface area (TPSA) is 51.2 Å². The number of carbonyl (C=O) groups is 1. The van der Waals surface area contributed by atoms with Crippen LogP contribution >= 0.6 is 0 Å². The van der Waals surface area contributed by atoms with E-state index in [2.05, 4.69) is 46.2 Å². The molecule has 0 amide bonds. The van der Waals surface area contributed by atoms with Gasteiger partial charge in [0, 0.05) is 44.8 Å². The molecule has 0 aromatic heterocycles. The minimum absolute atomic E-state index is 0.477. The Morgan fingerprint density at radius 2 is 1.38 bits per heavy atom. The van der Waals surface area contributed by atoms with Crippen molar-refractivity contribution in [1.29, 1.82) is 0 Å². The van der Waals surface area contributed by atoms with Gasteiger partial charge in [-0.15, -0.1) is 0 Å². The highest BCUT2D eigenvalue weighted by Gasteiger charge is 2.15. The largest absolute Gasteiger partial charge is 0.491 e. The second kappa shape index (κ2) is 14.5. The van der Waals surface area contributed by atoms with Gasteiger partial charge in [-0.3, -0.25) is 14.6 Å². The van der Waals surface area contributed by atoms with Gasteiger partial charge in [0.15, 0.2) is 0 Å². The van der Waals surface area contributed by atoms with Gasteiger partial charge in [0.05, 0.1) is 26.4 Å². The van der Waals surface area contributed by atoms with Crippen molar-refractivity contribution < 1.29 is 19.0 Å². The van der Waals surface area contributed by atoms with Crippen molar-refractivity contribution in [2.24, 2.45) is 0 Å². The third kappa shape index (κ3) is 9.32. The number of ether oxygens (including phenoxy) is 3. The summed E-state index contributed by atoms with van der Waals surface area (Å²) in [7, 11) is 0. The van der Waals surface area contributed by atoms with Crippen LogP contribution in [0.3, 0.4) is 0 Å². The Hall–Kier alpha value is -2.51. The predicted molar refractivity (Wildman–Crippen MR) is 127 cm³/mol. The summed E-state index contributed by atoms with van der Waals surface area (Å²) in [6.07, 6.45) is 5.27.